The van der Waals surface area contributed by atoms with Crippen molar-refractivity contribution in [1.82, 2.24) is 5.32 Å². The number of nitrogens with zero attached hydrogens (tertiary/aromatic N) is 1. The maximum atomic E-state index is 3.67. The minimum absolute atomic E-state index is 0.172. The topological polar surface area (TPSA) is 15.3 Å². The van der Waals surface area contributed by atoms with Crippen molar-refractivity contribution in [2.24, 2.45) is 5.92 Å². The number of nitrogens with one attached hydrogen (secondary N) is 1. The maximum absolute atomic E-state index is 3.67. The van der Waals surface area contributed by atoms with Crippen LogP contribution in [0.1, 0.15) is 46.1 Å². The van der Waals surface area contributed by atoms with E-state index in [4.69, 9.17) is 0 Å². The third-order valence-corrected chi connectivity index (χ3v) is 3.99. The Bertz CT molecular complexity index is 411. The summed E-state index contributed by atoms with van der Waals surface area (Å²) in [4.78, 5) is 2.58. The van der Waals surface area contributed by atoms with E-state index in [-0.39, 0.29) is 5.54 Å². The Labute approximate surface area is 118 Å². The first-order chi connectivity index (χ1) is 9.02. The zero-order valence-corrected chi connectivity index (χ0v) is 12.9. The van der Waals surface area contributed by atoms with Crippen LogP contribution < -0.4 is 10.2 Å². The van der Waals surface area contributed by atoms with Crippen molar-refractivity contribution in [3.8, 4) is 0 Å². The van der Waals surface area contributed by atoms with Gasteiger partial charge in [0.05, 0.1) is 0 Å². The SMILES string of the molecule is CCCC(C)CN1CC(C)(C)NCc2ccccc21. The lowest BCUT2D eigenvalue weighted by Crippen LogP contribution is -2.47. The highest BCUT2D eigenvalue weighted by molar-refractivity contribution is 5.55. The second-order valence-electron chi connectivity index (χ2n) is 6.64. The molecule has 1 aliphatic rings. The molecule has 19 heavy (non-hydrogen) atoms. The molecule has 2 rings (SSSR count). The zero-order chi connectivity index (χ0) is 13.9. The predicted octanol–water partition coefficient (Wildman–Crippen LogP) is 3.81. The van der Waals surface area contributed by atoms with Gasteiger partial charge in [-0.05, 0) is 37.8 Å². The van der Waals surface area contributed by atoms with E-state index in [0.29, 0.717) is 0 Å². The fourth-order valence-electron chi connectivity index (χ4n) is 3.04. The van der Waals surface area contributed by atoms with Crippen molar-refractivity contribution >= 4 is 5.69 Å². The van der Waals surface area contributed by atoms with Crippen LogP contribution in [0.2, 0.25) is 0 Å². The van der Waals surface area contributed by atoms with Gasteiger partial charge in [-0.1, -0.05) is 38.5 Å². The number of hydrogen-bond acceptors (Lipinski definition) is 2. The minimum atomic E-state index is 0.172. The van der Waals surface area contributed by atoms with Crippen LogP contribution in [0, 0.1) is 5.92 Å². The molecule has 1 aromatic rings. The van der Waals surface area contributed by atoms with Gasteiger partial charge in [0.2, 0.25) is 0 Å². The molecule has 1 atom stereocenters. The van der Waals surface area contributed by atoms with E-state index in [1.165, 1.54) is 24.1 Å². The monoisotopic (exact) mass is 260 g/mol. The number of hydrogen-bond donors (Lipinski definition) is 1. The third-order valence-electron chi connectivity index (χ3n) is 3.99. The standard InChI is InChI=1S/C17H28N2/c1-5-8-14(2)12-19-13-17(3,4)18-11-15-9-6-7-10-16(15)19/h6-7,9-10,14,18H,5,8,11-13H2,1-4H3. The summed E-state index contributed by atoms with van der Waals surface area (Å²) in [5.41, 5.74) is 3.02. The van der Waals surface area contributed by atoms with Gasteiger partial charge in [0, 0.05) is 30.9 Å². The number of benzene rings is 1. The fraction of sp³-hybridized carbons (Fsp3) is 0.647. The van der Waals surface area contributed by atoms with Gasteiger partial charge < -0.3 is 10.2 Å². The highest BCUT2D eigenvalue weighted by Gasteiger charge is 2.27. The molecule has 1 heterocycles. The molecule has 0 saturated carbocycles. The summed E-state index contributed by atoms with van der Waals surface area (Å²) < 4.78 is 0. The van der Waals surface area contributed by atoms with Crippen LogP contribution in [0.4, 0.5) is 5.69 Å². The second kappa shape index (κ2) is 5.96. The van der Waals surface area contributed by atoms with Crippen molar-refractivity contribution < 1.29 is 0 Å². The summed E-state index contributed by atoms with van der Waals surface area (Å²) in [7, 11) is 0. The number of para-hydroxylation sites is 1. The van der Waals surface area contributed by atoms with Crippen molar-refractivity contribution in [2.45, 2.75) is 52.6 Å². The Kier molecular flexibility index (Phi) is 4.51. The first kappa shape index (κ1) is 14.4. The minimum Gasteiger partial charge on any atom is -0.369 e. The molecule has 0 bridgehead atoms. The van der Waals surface area contributed by atoms with Crippen molar-refractivity contribution in [3.05, 3.63) is 29.8 Å². The van der Waals surface area contributed by atoms with E-state index in [1.807, 2.05) is 0 Å². The van der Waals surface area contributed by atoms with Crippen LogP contribution in [0.25, 0.3) is 0 Å². The van der Waals surface area contributed by atoms with Gasteiger partial charge in [-0.15, -0.1) is 0 Å². The average molecular weight is 260 g/mol. The summed E-state index contributed by atoms with van der Waals surface area (Å²) in [6.45, 7) is 12.5. The number of fused-ring (bicyclic) bond motifs is 1. The molecular formula is C17H28N2. The largest absolute Gasteiger partial charge is 0.369 e. The molecule has 0 amide bonds. The molecule has 0 aromatic heterocycles. The normalized spacial score (nSPS) is 19.7. The van der Waals surface area contributed by atoms with Crippen molar-refractivity contribution in [3.63, 3.8) is 0 Å². The van der Waals surface area contributed by atoms with Crippen LogP contribution in [0.3, 0.4) is 0 Å². The smallest absolute Gasteiger partial charge is 0.0412 e. The first-order valence-corrected chi connectivity index (χ1v) is 7.60. The van der Waals surface area contributed by atoms with Gasteiger partial charge in [0.25, 0.3) is 0 Å². The van der Waals surface area contributed by atoms with Crippen LogP contribution >= 0.6 is 0 Å². The zero-order valence-electron chi connectivity index (χ0n) is 12.9. The molecule has 1 unspecified atom stereocenters. The van der Waals surface area contributed by atoms with Gasteiger partial charge in [0.15, 0.2) is 0 Å². The lowest BCUT2D eigenvalue weighted by atomic mass is 10.0. The Morgan fingerprint density at radius 3 is 2.79 bits per heavy atom. The number of anilines is 1. The second-order valence-corrected chi connectivity index (χ2v) is 6.64. The molecule has 1 aromatic carbocycles. The molecule has 0 spiro atoms. The molecule has 0 saturated heterocycles. The molecule has 106 valence electrons. The van der Waals surface area contributed by atoms with E-state index >= 15 is 0 Å². The molecule has 1 aliphatic heterocycles. The summed E-state index contributed by atoms with van der Waals surface area (Å²) in [6, 6.07) is 8.83. The van der Waals surface area contributed by atoms with Gasteiger partial charge >= 0.3 is 0 Å². The van der Waals surface area contributed by atoms with Gasteiger partial charge in [-0.3, -0.25) is 0 Å². The average Bonchev–Trinajstić information content (AvgIpc) is 2.47. The quantitative estimate of drug-likeness (QED) is 0.885. The van der Waals surface area contributed by atoms with Crippen LogP contribution in [0.15, 0.2) is 24.3 Å². The first-order valence-electron chi connectivity index (χ1n) is 7.60. The highest BCUT2D eigenvalue weighted by Crippen LogP contribution is 2.27. The van der Waals surface area contributed by atoms with Gasteiger partial charge in [0.1, 0.15) is 0 Å². The van der Waals surface area contributed by atoms with Gasteiger partial charge in [-0.2, -0.15) is 0 Å². The molecule has 0 fully saturated rings. The fourth-order valence-corrected chi connectivity index (χ4v) is 3.04. The van der Waals surface area contributed by atoms with Crippen LogP contribution in [-0.2, 0) is 6.54 Å². The molecule has 2 heteroatoms. The number of rotatable bonds is 4. The van der Waals surface area contributed by atoms with Gasteiger partial charge in [-0.25, -0.2) is 0 Å². The predicted molar refractivity (Wildman–Crippen MR) is 83.6 cm³/mol. The van der Waals surface area contributed by atoms with E-state index in [1.54, 1.807) is 0 Å². The van der Waals surface area contributed by atoms with Crippen molar-refractivity contribution in [1.29, 1.82) is 0 Å². The molecule has 0 aliphatic carbocycles. The summed E-state index contributed by atoms with van der Waals surface area (Å²) in [5, 5.41) is 3.67. The third kappa shape index (κ3) is 3.73. The van der Waals surface area contributed by atoms with Crippen molar-refractivity contribution in [2.75, 3.05) is 18.0 Å². The Morgan fingerprint density at radius 2 is 2.05 bits per heavy atom. The maximum Gasteiger partial charge on any atom is 0.0412 e. The Balaban J connectivity index is 2.22. The Morgan fingerprint density at radius 1 is 1.32 bits per heavy atom. The summed E-state index contributed by atoms with van der Waals surface area (Å²) in [5.74, 6) is 0.756. The lowest BCUT2D eigenvalue weighted by molar-refractivity contribution is 0.385. The van der Waals surface area contributed by atoms with Crippen LogP contribution in [-0.4, -0.2) is 18.6 Å². The lowest BCUT2D eigenvalue weighted by Gasteiger charge is -2.33. The van der Waals surface area contributed by atoms with Crippen LogP contribution in [0.5, 0.6) is 0 Å². The Hall–Kier alpha value is -1.02. The molecular weight excluding hydrogens is 232 g/mol. The summed E-state index contributed by atoms with van der Waals surface area (Å²) in [6.07, 6.45) is 2.59. The van der Waals surface area contributed by atoms with E-state index in [0.717, 1.165) is 25.6 Å². The molecule has 1 N–H and O–H groups in total. The summed E-state index contributed by atoms with van der Waals surface area (Å²) >= 11 is 0. The molecule has 0 radical (unpaired) electrons. The van der Waals surface area contributed by atoms with E-state index < -0.39 is 0 Å². The molecule has 2 nitrogen and oxygen atoms in total. The van der Waals surface area contributed by atoms with E-state index in [2.05, 4.69) is 62.2 Å². The van der Waals surface area contributed by atoms with E-state index in [9.17, 15) is 0 Å². The highest BCUT2D eigenvalue weighted by atomic mass is 15.2.